The summed E-state index contributed by atoms with van der Waals surface area (Å²) >= 11 is 0. The molecule has 15 heavy (non-hydrogen) atoms. The van der Waals surface area contributed by atoms with Gasteiger partial charge in [-0.1, -0.05) is 0 Å². The number of aryl methyl sites for hydroxylation is 1. The summed E-state index contributed by atoms with van der Waals surface area (Å²) in [5.41, 5.74) is 1.28. The van der Waals surface area contributed by atoms with Crippen LogP contribution in [0.3, 0.4) is 0 Å². The van der Waals surface area contributed by atoms with E-state index < -0.39 is 0 Å². The number of carbonyl (C=O) groups is 1. The average molecular weight is 206 g/mol. The summed E-state index contributed by atoms with van der Waals surface area (Å²) in [4.78, 5) is 19.6. The number of aromatic nitrogens is 2. The smallest absolute Gasteiger partial charge is 0.270 e. The van der Waals surface area contributed by atoms with Crippen molar-refractivity contribution in [2.75, 3.05) is 13.1 Å². The van der Waals surface area contributed by atoms with E-state index in [1.807, 2.05) is 6.92 Å². The second-order valence-electron chi connectivity index (χ2n) is 3.72. The highest BCUT2D eigenvalue weighted by Gasteiger charge is 2.19. The summed E-state index contributed by atoms with van der Waals surface area (Å²) in [6.45, 7) is 3.64. The quantitative estimate of drug-likeness (QED) is 0.707. The highest BCUT2D eigenvalue weighted by atomic mass is 16.2. The number of hydrogen-bond acceptors (Lipinski definition) is 4. The van der Waals surface area contributed by atoms with E-state index >= 15 is 0 Å². The van der Waals surface area contributed by atoms with E-state index in [2.05, 4.69) is 20.6 Å². The Balaban J connectivity index is 2.04. The molecule has 2 N–H and O–H groups in total. The van der Waals surface area contributed by atoms with Crippen LogP contribution < -0.4 is 10.6 Å². The zero-order chi connectivity index (χ0) is 10.7. The Morgan fingerprint density at radius 2 is 2.53 bits per heavy atom. The molecular weight excluding hydrogens is 192 g/mol. The van der Waals surface area contributed by atoms with Gasteiger partial charge in [0.05, 0.1) is 0 Å². The molecule has 1 fully saturated rings. The van der Waals surface area contributed by atoms with Gasteiger partial charge in [0.1, 0.15) is 12.0 Å². The molecule has 5 nitrogen and oxygen atoms in total. The van der Waals surface area contributed by atoms with E-state index in [0.29, 0.717) is 5.69 Å². The topological polar surface area (TPSA) is 66.9 Å². The van der Waals surface area contributed by atoms with Gasteiger partial charge in [0.25, 0.3) is 5.91 Å². The molecule has 1 aromatic rings. The molecule has 5 heteroatoms. The first-order chi connectivity index (χ1) is 7.27. The number of amides is 1. The normalized spacial score (nSPS) is 20.2. The van der Waals surface area contributed by atoms with E-state index in [4.69, 9.17) is 0 Å². The summed E-state index contributed by atoms with van der Waals surface area (Å²) in [6, 6.07) is 0.229. The molecule has 0 saturated carbocycles. The monoisotopic (exact) mass is 206 g/mol. The van der Waals surface area contributed by atoms with E-state index in [1.54, 1.807) is 6.20 Å². The first-order valence-electron chi connectivity index (χ1n) is 5.05. The Labute approximate surface area is 88.3 Å². The molecule has 2 heterocycles. The number of rotatable bonds is 2. The second-order valence-corrected chi connectivity index (χ2v) is 3.72. The third-order valence-electron chi connectivity index (χ3n) is 2.51. The minimum Gasteiger partial charge on any atom is -0.347 e. The SMILES string of the molecule is Cc1cncnc1C(=O)NC1CCNC1. The van der Waals surface area contributed by atoms with Crippen molar-refractivity contribution in [3.05, 3.63) is 23.8 Å². The van der Waals surface area contributed by atoms with Gasteiger partial charge in [-0.15, -0.1) is 0 Å². The van der Waals surface area contributed by atoms with Crippen LogP contribution in [0.5, 0.6) is 0 Å². The van der Waals surface area contributed by atoms with Crippen LogP contribution in [0.15, 0.2) is 12.5 Å². The average Bonchev–Trinajstić information content (AvgIpc) is 2.71. The standard InChI is InChI=1S/C10H14N4O/c1-7-4-12-6-13-9(7)10(15)14-8-2-3-11-5-8/h4,6,8,11H,2-3,5H2,1H3,(H,14,15). The first-order valence-corrected chi connectivity index (χ1v) is 5.05. The molecule has 80 valence electrons. The van der Waals surface area contributed by atoms with Crippen LogP contribution in [0.25, 0.3) is 0 Å². The van der Waals surface area contributed by atoms with Crippen molar-refractivity contribution in [2.24, 2.45) is 0 Å². The van der Waals surface area contributed by atoms with Gasteiger partial charge in [0.15, 0.2) is 0 Å². The van der Waals surface area contributed by atoms with Crippen molar-refractivity contribution >= 4 is 5.91 Å². The van der Waals surface area contributed by atoms with Crippen molar-refractivity contribution in [3.8, 4) is 0 Å². The molecule has 0 radical (unpaired) electrons. The maximum absolute atomic E-state index is 11.8. The summed E-state index contributed by atoms with van der Waals surface area (Å²) in [5, 5.41) is 6.14. The summed E-state index contributed by atoms with van der Waals surface area (Å²) in [5.74, 6) is -0.108. The Hall–Kier alpha value is -1.49. The minimum absolute atomic E-state index is 0.108. The van der Waals surface area contributed by atoms with Gasteiger partial charge in [0, 0.05) is 18.8 Å². The number of nitrogens with one attached hydrogen (secondary N) is 2. The van der Waals surface area contributed by atoms with E-state index in [-0.39, 0.29) is 11.9 Å². The fraction of sp³-hybridized carbons (Fsp3) is 0.500. The molecular formula is C10H14N4O. The molecule has 1 amide bonds. The zero-order valence-electron chi connectivity index (χ0n) is 8.66. The van der Waals surface area contributed by atoms with Gasteiger partial charge < -0.3 is 10.6 Å². The molecule has 1 aromatic heterocycles. The number of hydrogen-bond donors (Lipinski definition) is 2. The van der Waals surface area contributed by atoms with Crippen molar-refractivity contribution < 1.29 is 4.79 Å². The lowest BCUT2D eigenvalue weighted by molar-refractivity contribution is 0.0934. The zero-order valence-corrected chi connectivity index (χ0v) is 8.66. The number of nitrogens with zero attached hydrogens (tertiary/aromatic N) is 2. The lowest BCUT2D eigenvalue weighted by Gasteiger charge is -2.11. The molecule has 1 saturated heterocycles. The lowest BCUT2D eigenvalue weighted by atomic mass is 10.2. The van der Waals surface area contributed by atoms with Crippen molar-refractivity contribution in [1.29, 1.82) is 0 Å². The van der Waals surface area contributed by atoms with Crippen molar-refractivity contribution in [2.45, 2.75) is 19.4 Å². The Morgan fingerprint density at radius 3 is 3.20 bits per heavy atom. The Morgan fingerprint density at radius 1 is 1.67 bits per heavy atom. The highest BCUT2D eigenvalue weighted by Crippen LogP contribution is 2.03. The molecule has 1 aliphatic heterocycles. The summed E-state index contributed by atoms with van der Waals surface area (Å²) in [6.07, 6.45) is 4.03. The summed E-state index contributed by atoms with van der Waals surface area (Å²) in [7, 11) is 0. The predicted molar refractivity (Wildman–Crippen MR) is 55.5 cm³/mol. The highest BCUT2D eigenvalue weighted by molar-refractivity contribution is 5.93. The molecule has 0 aliphatic carbocycles. The fourth-order valence-corrected chi connectivity index (χ4v) is 1.67. The van der Waals surface area contributed by atoms with Gasteiger partial charge in [-0.05, 0) is 25.5 Å². The van der Waals surface area contributed by atoms with Gasteiger partial charge >= 0.3 is 0 Å². The molecule has 1 atom stereocenters. The van der Waals surface area contributed by atoms with Crippen LogP contribution in [-0.4, -0.2) is 35.0 Å². The van der Waals surface area contributed by atoms with Crippen LogP contribution in [0.4, 0.5) is 0 Å². The largest absolute Gasteiger partial charge is 0.347 e. The number of carbonyl (C=O) groups excluding carboxylic acids is 1. The van der Waals surface area contributed by atoms with E-state index in [1.165, 1.54) is 6.33 Å². The van der Waals surface area contributed by atoms with Crippen LogP contribution in [0, 0.1) is 6.92 Å². The van der Waals surface area contributed by atoms with Crippen LogP contribution >= 0.6 is 0 Å². The lowest BCUT2D eigenvalue weighted by Crippen LogP contribution is -2.37. The Bertz CT molecular complexity index is 360. The second kappa shape index (κ2) is 4.35. The third kappa shape index (κ3) is 2.30. The van der Waals surface area contributed by atoms with Crippen LogP contribution in [0.1, 0.15) is 22.5 Å². The van der Waals surface area contributed by atoms with Crippen molar-refractivity contribution in [3.63, 3.8) is 0 Å². The molecule has 0 bridgehead atoms. The molecule has 0 spiro atoms. The van der Waals surface area contributed by atoms with Crippen LogP contribution in [0.2, 0.25) is 0 Å². The van der Waals surface area contributed by atoms with Gasteiger partial charge in [-0.25, -0.2) is 9.97 Å². The molecule has 2 rings (SSSR count). The molecule has 0 aromatic carbocycles. The molecule has 1 unspecified atom stereocenters. The van der Waals surface area contributed by atoms with Gasteiger partial charge in [0.2, 0.25) is 0 Å². The predicted octanol–water partition coefficient (Wildman–Crippen LogP) is -0.123. The van der Waals surface area contributed by atoms with E-state index in [0.717, 1.165) is 25.1 Å². The van der Waals surface area contributed by atoms with Gasteiger partial charge in [-0.3, -0.25) is 4.79 Å². The Kier molecular flexibility index (Phi) is 2.91. The maximum Gasteiger partial charge on any atom is 0.270 e. The third-order valence-corrected chi connectivity index (χ3v) is 2.51. The maximum atomic E-state index is 11.8. The van der Waals surface area contributed by atoms with Crippen LogP contribution in [-0.2, 0) is 0 Å². The first kappa shape index (κ1) is 10.0. The minimum atomic E-state index is -0.108. The van der Waals surface area contributed by atoms with Crippen molar-refractivity contribution in [1.82, 2.24) is 20.6 Å². The fourth-order valence-electron chi connectivity index (χ4n) is 1.67. The molecule has 1 aliphatic rings. The van der Waals surface area contributed by atoms with Gasteiger partial charge in [-0.2, -0.15) is 0 Å². The summed E-state index contributed by atoms with van der Waals surface area (Å²) < 4.78 is 0. The van der Waals surface area contributed by atoms with E-state index in [9.17, 15) is 4.79 Å².